The lowest BCUT2D eigenvalue weighted by atomic mass is 9.93. The standard InChI is InChI=1S/C9H13N3O2/c13-9(14)8-6(5-11-12-8)4-10-7-2-1-3-7/h5,7,10H,1-4H2,(H,11,12)(H,13,14). The molecule has 1 saturated carbocycles. The van der Waals surface area contributed by atoms with Gasteiger partial charge in [-0.05, 0) is 12.8 Å². The van der Waals surface area contributed by atoms with Crippen LogP contribution in [0.4, 0.5) is 0 Å². The Balaban J connectivity index is 1.94. The average Bonchev–Trinajstić information content (AvgIpc) is 2.49. The van der Waals surface area contributed by atoms with Crippen LogP contribution in [-0.4, -0.2) is 27.3 Å². The number of carboxylic acid groups (broad SMARTS) is 1. The number of H-pyrrole nitrogens is 1. The zero-order chi connectivity index (χ0) is 9.97. The molecule has 76 valence electrons. The number of carbonyl (C=O) groups is 1. The summed E-state index contributed by atoms with van der Waals surface area (Å²) in [5.74, 6) is -0.951. The van der Waals surface area contributed by atoms with Crippen molar-refractivity contribution in [3.8, 4) is 0 Å². The molecule has 1 fully saturated rings. The van der Waals surface area contributed by atoms with Gasteiger partial charge in [0.2, 0.25) is 0 Å². The Kier molecular flexibility index (Phi) is 2.49. The van der Waals surface area contributed by atoms with Gasteiger partial charge < -0.3 is 10.4 Å². The molecule has 5 nitrogen and oxygen atoms in total. The summed E-state index contributed by atoms with van der Waals surface area (Å²) in [4.78, 5) is 10.7. The van der Waals surface area contributed by atoms with Gasteiger partial charge in [0.1, 0.15) is 5.69 Å². The zero-order valence-electron chi connectivity index (χ0n) is 7.79. The summed E-state index contributed by atoms with van der Waals surface area (Å²) in [6.45, 7) is 0.586. The highest BCUT2D eigenvalue weighted by Gasteiger charge is 2.18. The summed E-state index contributed by atoms with van der Waals surface area (Å²) in [6.07, 6.45) is 5.23. The summed E-state index contributed by atoms with van der Waals surface area (Å²) in [5.41, 5.74) is 0.918. The Morgan fingerprint density at radius 1 is 1.71 bits per heavy atom. The van der Waals surface area contributed by atoms with E-state index >= 15 is 0 Å². The van der Waals surface area contributed by atoms with Gasteiger partial charge in [0, 0.05) is 18.2 Å². The first kappa shape index (κ1) is 9.21. The second kappa shape index (κ2) is 3.79. The molecule has 1 aromatic rings. The van der Waals surface area contributed by atoms with Crippen molar-refractivity contribution in [1.82, 2.24) is 15.5 Å². The first-order valence-electron chi connectivity index (χ1n) is 4.76. The van der Waals surface area contributed by atoms with Crippen molar-refractivity contribution in [2.75, 3.05) is 0 Å². The molecule has 2 rings (SSSR count). The van der Waals surface area contributed by atoms with Crippen LogP contribution in [0.3, 0.4) is 0 Å². The number of aromatic amines is 1. The van der Waals surface area contributed by atoms with E-state index in [1.165, 1.54) is 19.3 Å². The first-order chi connectivity index (χ1) is 6.77. The van der Waals surface area contributed by atoms with Crippen molar-refractivity contribution in [3.63, 3.8) is 0 Å². The average molecular weight is 195 g/mol. The number of aromatic carboxylic acids is 1. The molecule has 0 aliphatic heterocycles. The van der Waals surface area contributed by atoms with Crippen LogP contribution in [0.15, 0.2) is 6.20 Å². The second-order valence-electron chi connectivity index (χ2n) is 3.58. The number of hydrogen-bond acceptors (Lipinski definition) is 3. The molecule has 0 radical (unpaired) electrons. The van der Waals surface area contributed by atoms with Crippen molar-refractivity contribution in [2.45, 2.75) is 31.8 Å². The molecule has 0 saturated heterocycles. The lowest BCUT2D eigenvalue weighted by Crippen LogP contribution is -2.34. The number of carboxylic acids is 1. The molecule has 0 bridgehead atoms. The largest absolute Gasteiger partial charge is 0.477 e. The van der Waals surface area contributed by atoms with Gasteiger partial charge in [0.05, 0.1) is 6.20 Å². The van der Waals surface area contributed by atoms with E-state index in [1.54, 1.807) is 6.20 Å². The highest BCUT2D eigenvalue weighted by atomic mass is 16.4. The Morgan fingerprint density at radius 3 is 3.07 bits per heavy atom. The minimum absolute atomic E-state index is 0.192. The Morgan fingerprint density at radius 2 is 2.50 bits per heavy atom. The molecule has 1 heterocycles. The SMILES string of the molecule is O=C(O)c1[nH]ncc1CNC1CCC1. The van der Waals surface area contributed by atoms with Crippen molar-refractivity contribution < 1.29 is 9.90 Å². The molecule has 0 amide bonds. The van der Waals surface area contributed by atoms with E-state index < -0.39 is 5.97 Å². The van der Waals surface area contributed by atoms with Gasteiger partial charge in [-0.2, -0.15) is 5.10 Å². The fourth-order valence-corrected chi connectivity index (χ4v) is 1.50. The minimum Gasteiger partial charge on any atom is -0.477 e. The lowest BCUT2D eigenvalue weighted by Gasteiger charge is -2.26. The fraction of sp³-hybridized carbons (Fsp3) is 0.556. The molecule has 0 unspecified atom stereocenters. The second-order valence-corrected chi connectivity index (χ2v) is 3.58. The summed E-state index contributed by atoms with van der Waals surface area (Å²) in [5, 5.41) is 18.3. The predicted octanol–water partition coefficient (Wildman–Crippen LogP) is 0.750. The summed E-state index contributed by atoms with van der Waals surface area (Å²) >= 11 is 0. The molecule has 14 heavy (non-hydrogen) atoms. The molecule has 1 aromatic heterocycles. The molecule has 0 aromatic carbocycles. The van der Waals surface area contributed by atoms with Crippen LogP contribution < -0.4 is 5.32 Å². The van der Waals surface area contributed by atoms with Crippen LogP contribution in [0.2, 0.25) is 0 Å². The van der Waals surface area contributed by atoms with Crippen molar-refractivity contribution in [3.05, 3.63) is 17.5 Å². The summed E-state index contributed by atoms with van der Waals surface area (Å²) in [6, 6.07) is 0.562. The third-order valence-corrected chi connectivity index (χ3v) is 2.62. The number of rotatable bonds is 4. The molecule has 1 aliphatic rings. The van der Waals surface area contributed by atoms with Crippen molar-refractivity contribution >= 4 is 5.97 Å². The molecular weight excluding hydrogens is 182 g/mol. The lowest BCUT2D eigenvalue weighted by molar-refractivity contribution is 0.0689. The molecule has 5 heteroatoms. The van der Waals surface area contributed by atoms with Crippen molar-refractivity contribution in [1.29, 1.82) is 0 Å². The minimum atomic E-state index is -0.951. The Hall–Kier alpha value is -1.36. The third-order valence-electron chi connectivity index (χ3n) is 2.62. The van der Waals surface area contributed by atoms with Crippen LogP contribution in [0.5, 0.6) is 0 Å². The molecule has 0 spiro atoms. The van der Waals surface area contributed by atoms with E-state index in [4.69, 9.17) is 5.11 Å². The van der Waals surface area contributed by atoms with Crippen LogP contribution in [0.1, 0.15) is 35.3 Å². The Labute approximate surface area is 81.5 Å². The summed E-state index contributed by atoms with van der Waals surface area (Å²) < 4.78 is 0. The van der Waals surface area contributed by atoms with Gasteiger partial charge in [-0.15, -0.1) is 0 Å². The normalized spacial score (nSPS) is 16.6. The van der Waals surface area contributed by atoms with Gasteiger partial charge in [-0.25, -0.2) is 4.79 Å². The quantitative estimate of drug-likeness (QED) is 0.662. The van der Waals surface area contributed by atoms with Gasteiger partial charge in [-0.3, -0.25) is 5.10 Å². The molecular formula is C9H13N3O2. The summed E-state index contributed by atoms with van der Waals surface area (Å²) in [7, 11) is 0. The highest BCUT2D eigenvalue weighted by molar-refractivity contribution is 5.86. The van der Waals surface area contributed by atoms with E-state index in [9.17, 15) is 4.79 Å². The van der Waals surface area contributed by atoms with E-state index in [2.05, 4.69) is 15.5 Å². The van der Waals surface area contributed by atoms with Crippen molar-refractivity contribution in [2.24, 2.45) is 0 Å². The Bertz CT molecular complexity index is 331. The topological polar surface area (TPSA) is 78.0 Å². The van der Waals surface area contributed by atoms with Gasteiger partial charge >= 0.3 is 5.97 Å². The van der Waals surface area contributed by atoms with Gasteiger partial charge in [0.15, 0.2) is 0 Å². The van der Waals surface area contributed by atoms with E-state index in [1.807, 2.05) is 0 Å². The maximum absolute atomic E-state index is 10.7. The highest BCUT2D eigenvalue weighted by Crippen LogP contribution is 2.18. The molecule has 3 N–H and O–H groups in total. The molecule has 1 aliphatic carbocycles. The zero-order valence-corrected chi connectivity index (χ0v) is 7.79. The number of nitrogens with zero attached hydrogens (tertiary/aromatic N) is 1. The molecule has 0 atom stereocenters. The maximum atomic E-state index is 10.7. The third kappa shape index (κ3) is 1.77. The number of hydrogen-bond donors (Lipinski definition) is 3. The van der Waals surface area contributed by atoms with Crippen LogP contribution in [-0.2, 0) is 6.54 Å². The van der Waals surface area contributed by atoms with Gasteiger partial charge in [0.25, 0.3) is 0 Å². The monoisotopic (exact) mass is 195 g/mol. The predicted molar refractivity (Wildman–Crippen MR) is 50.0 cm³/mol. The van der Waals surface area contributed by atoms with E-state index in [0.29, 0.717) is 12.6 Å². The van der Waals surface area contributed by atoms with Crippen LogP contribution >= 0.6 is 0 Å². The fourth-order valence-electron chi connectivity index (χ4n) is 1.50. The first-order valence-corrected chi connectivity index (χ1v) is 4.76. The number of nitrogens with one attached hydrogen (secondary N) is 2. The smallest absolute Gasteiger partial charge is 0.354 e. The van der Waals surface area contributed by atoms with E-state index in [0.717, 1.165) is 5.56 Å². The van der Waals surface area contributed by atoms with E-state index in [-0.39, 0.29) is 5.69 Å². The van der Waals surface area contributed by atoms with Crippen LogP contribution in [0.25, 0.3) is 0 Å². The maximum Gasteiger partial charge on any atom is 0.354 e. The van der Waals surface area contributed by atoms with Gasteiger partial charge in [-0.1, -0.05) is 6.42 Å². The van der Waals surface area contributed by atoms with Crippen LogP contribution in [0, 0.1) is 0 Å². The number of aromatic nitrogens is 2.